The highest BCUT2D eigenvalue weighted by atomic mass is 35.5. The van der Waals surface area contributed by atoms with E-state index in [-0.39, 0.29) is 5.91 Å². The molecular weight excluding hydrogens is 492 g/mol. The highest BCUT2D eigenvalue weighted by Crippen LogP contribution is 2.41. The van der Waals surface area contributed by atoms with Crippen molar-refractivity contribution in [2.24, 2.45) is 5.92 Å². The van der Waals surface area contributed by atoms with Crippen LogP contribution in [0.4, 0.5) is 5.00 Å². The van der Waals surface area contributed by atoms with Gasteiger partial charge < -0.3 is 10.1 Å². The summed E-state index contributed by atoms with van der Waals surface area (Å²) in [6.07, 6.45) is 3.87. The van der Waals surface area contributed by atoms with E-state index in [0.717, 1.165) is 47.3 Å². The van der Waals surface area contributed by atoms with Gasteiger partial charge in [0.25, 0.3) is 5.91 Å². The predicted octanol–water partition coefficient (Wildman–Crippen LogP) is 7.48. The van der Waals surface area contributed by atoms with Gasteiger partial charge in [-0.2, -0.15) is 0 Å². The number of rotatable bonds is 5. The summed E-state index contributed by atoms with van der Waals surface area (Å²) in [6.45, 7) is 4.10. The SMILES string of the molecule is CC[C@H]1CCc2c(sc(NC(=O)c3cc(-c4ccccc4)nc4c(C)c(Cl)ccc34)c2C(=O)OC)C1. The average molecular weight is 519 g/mol. The number of carbonyl (C=O) groups is 2. The number of anilines is 1. The number of benzene rings is 2. The highest BCUT2D eigenvalue weighted by Gasteiger charge is 2.30. The number of ether oxygens (including phenoxy) is 1. The number of pyridine rings is 1. The molecule has 0 unspecified atom stereocenters. The topological polar surface area (TPSA) is 68.3 Å². The second kappa shape index (κ2) is 10.0. The lowest BCUT2D eigenvalue weighted by atomic mass is 9.85. The van der Waals surface area contributed by atoms with Gasteiger partial charge >= 0.3 is 5.97 Å². The molecule has 1 amide bonds. The summed E-state index contributed by atoms with van der Waals surface area (Å²) in [4.78, 5) is 32.6. The first-order chi connectivity index (χ1) is 17.4. The maximum Gasteiger partial charge on any atom is 0.341 e. The molecule has 5 rings (SSSR count). The molecular formula is C29H27ClN2O3S. The number of nitrogens with one attached hydrogen (secondary N) is 1. The van der Waals surface area contributed by atoms with E-state index >= 15 is 0 Å². The number of methoxy groups -OCH3 is 1. The van der Waals surface area contributed by atoms with Crippen LogP contribution < -0.4 is 5.32 Å². The summed E-state index contributed by atoms with van der Waals surface area (Å²) in [6, 6.07) is 15.2. The van der Waals surface area contributed by atoms with Crippen molar-refractivity contribution in [3.8, 4) is 11.3 Å². The van der Waals surface area contributed by atoms with Crippen LogP contribution in [0.15, 0.2) is 48.5 Å². The molecule has 0 saturated heterocycles. The highest BCUT2D eigenvalue weighted by molar-refractivity contribution is 7.17. The third kappa shape index (κ3) is 4.40. The number of carbonyl (C=O) groups excluding carboxylic acids is 2. The first-order valence-electron chi connectivity index (χ1n) is 12.1. The summed E-state index contributed by atoms with van der Waals surface area (Å²) in [5.74, 6) is -0.113. The molecule has 7 heteroatoms. The predicted molar refractivity (Wildman–Crippen MR) is 146 cm³/mol. The Labute approximate surface area is 219 Å². The second-order valence-corrected chi connectivity index (χ2v) is 10.7. The largest absolute Gasteiger partial charge is 0.465 e. The van der Waals surface area contributed by atoms with Crippen molar-refractivity contribution in [3.63, 3.8) is 0 Å². The van der Waals surface area contributed by atoms with Gasteiger partial charge in [0, 0.05) is 20.8 Å². The van der Waals surface area contributed by atoms with Crippen molar-refractivity contribution in [1.82, 2.24) is 4.98 Å². The Bertz CT molecular complexity index is 1480. The standard InChI is InChI=1S/C29H27ClN2O3S/c1-4-17-10-11-20-24(14-17)36-28(25(20)29(34)35-3)32-27(33)21-15-23(18-8-6-5-7-9-18)31-26-16(2)22(30)13-12-19(21)26/h5-9,12-13,15,17H,4,10-11,14H2,1-3H3,(H,32,33)/t17-/m0/s1. The van der Waals surface area contributed by atoms with Crippen molar-refractivity contribution in [2.45, 2.75) is 39.5 Å². The minimum atomic E-state index is -0.412. The number of hydrogen-bond donors (Lipinski definition) is 1. The lowest BCUT2D eigenvalue weighted by molar-refractivity contribution is 0.0601. The number of aromatic nitrogens is 1. The Morgan fingerprint density at radius 1 is 1.19 bits per heavy atom. The number of thiophene rings is 1. The quantitative estimate of drug-likeness (QED) is 0.278. The molecule has 1 aliphatic carbocycles. The van der Waals surface area contributed by atoms with Gasteiger partial charge in [0.05, 0.1) is 29.4 Å². The van der Waals surface area contributed by atoms with Crippen molar-refractivity contribution in [3.05, 3.63) is 80.7 Å². The van der Waals surface area contributed by atoms with E-state index in [9.17, 15) is 9.59 Å². The molecule has 1 N–H and O–H groups in total. The molecule has 1 atom stereocenters. The van der Waals surface area contributed by atoms with E-state index in [2.05, 4.69) is 12.2 Å². The van der Waals surface area contributed by atoms with Gasteiger partial charge in [0.1, 0.15) is 5.00 Å². The Hall–Kier alpha value is -3.22. The van der Waals surface area contributed by atoms with Gasteiger partial charge in [-0.25, -0.2) is 9.78 Å². The number of halogens is 1. The monoisotopic (exact) mass is 518 g/mol. The van der Waals surface area contributed by atoms with Crippen molar-refractivity contribution >= 4 is 50.7 Å². The average Bonchev–Trinajstić information content (AvgIpc) is 3.27. The van der Waals surface area contributed by atoms with Crippen LogP contribution in [0.1, 0.15) is 56.5 Å². The third-order valence-electron chi connectivity index (χ3n) is 7.04. The lowest BCUT2D eigenvalue weighted by Crippen LogP contribution is -2.17. The first kappa shape index (κ1) is 24.5. The summed E-state index contributed by atoms with van der Waals surface area (Å²) < 4.78 is 5.11. The maximum atomic E-state index is 13.8. The smallest absolute Gasteiger partial charge is 0.341 e. The van der Waals surface area contributed by atoms with Crippen LogP contribution in [-0.4, -0.2) is 24.0 Å². The van der Waals surface area contributed by atoms with Crippen molar-refractivity contribution in [1.29, 1.82) is 0 Å². The molecule has 184 valence electrons. The maximum absolute atomic E-state index is 13.8. The minimum Gasteiger partial charge on any atom is -0.465 e. The molecule has 0 bridgehead atoms. The van der Waals surface area contributed by atoms with Crippen LogP contribution in [0.2, 0.25) is 5.02 Å². The van der Waals surface area contributed by atoms with Gasteiger partial charge in [0.15, 0.2) is 0 Å². The van der Waals surface area contributed by atoms with Gasteiger partial charge in [-0.3, -0.25) is 4.79 Å². The summed E-state index contributed by atoms with van der Waals surface area (Å²) in [5, 5.41) is 4.90. The van der Waals surface area contributed by atoms with Gasteiger partial charge in [-0.05, 0) is 55.4 Å². The number of hydrogen-bond acceptors (Lipinski definition) is 5. The zero-order valence-electron chi connectivity index (χ0n) is 20.5. The van der Waals surface area contributed by atoms with Gasteiger partial charge in [0.2, 0.25) is 0 Å². The molecule has 0 radical (unpaired) electrons. The van der Waals surface area contributed by atoms with E-state index in [0.29, 0.717) is 43.7 Å². The van der Waals surface area contributed by atoms with Crippen LogP contribution in [0.25, 0.3) is 22.2 Å². The molecule has 0 spiro atoms. The number of amides is 1. The molecule has 0 saturated carbocycles. The Morgan fingerprint density at radius 3 is 2.69 bits per heavy atom. The van der Waals surface area contributed by atoms with Gasteiger partial charge in [-0.1, -0.05) is 61.3 Å². The molecule has 4 aromatic rings. The van der Waals surface area contributed by atoms with E-state index in [4.69, 9.17) is 21.3 Å². The zero-order chi connectivity index (χ0) is 25.4. The lowest BCUT2D eigenvalue weighted by Gasteiger charge is -2.20. The Morgan fingerprint density at radius 2 is 1.97 bits per heavy atom. The molecule has 0 aliphatic heterocycles. The number of esters is 1. The number of nitrogens with zero attached hydrogens (tertiary/aromatic N) is 1. The third-order valence-corrected chi connectivity index (χ3v) is 8.62. The zero-order valence-corrected chi connectivity index (χ0v) is 22.1. The summed E-state index contributed by atoms with van der Waals surface area (Å²) in [5.41, 5.74) is 5.06. The van der Waals surface area contributed by atoms with E-state index < -0.39 is 5.97 Å². The fourth-order valence-electron chi connectivity index (χ4n) is 4.93. The number of aryl methyl sites for hydroxylation is 1. The molecule has 2 aromatic heterocycles. The van der Waals surface area contributed by atoms with Crippen molar-refractivity contribution < 1.29 is 14.3 Å². The summed E-state index contributed by atoms with van der Waals surface area (Å²) >= 11 is 7.90. The van der Waals surface area contributed by atoms with Crippen LogP contribution in [0, 0.1) is 12.8 Å². The molecule has 36 heavy (non-hydrogen) atoms. The fraction of sp³-hybridized carbons (Fsp3) is 0.276. The molecule has 0 fully saturated rings. The molecule has 2 heterocycles. The fourth-order valence-corrected chi connectivity index (χ4v) is 6.43. The second-order valence-electron chi connectivity index (χ2n) is 9.16. The Kier molecular flexibility index (Phi) is 6.82. The van der Waals surface area contributed by atoms with Crippen LogP contribution in [-0.2, 0) is 17.6 Å². The molecule has 2 aromatic carbocycles. The van der Waals surface area contributed by atoms with Crippen LogP contribution in [0.3, 0.4) is 0 Å². The summed E-state index contributed by atoms with van der Waals surface area (Å²) in [7, 11) is 1.38. The number of fused-ring (bicyclic) bond motifs is 2. The Balaban J connectivity index is 1.62. The molecule has 1 aliphatic rings. The van der Waals surface area contributed by atoms with E-state index in [1.54, 1.807) is 12.1 Å². The minimum absolute atomic E-state index is 0.294. The van der Waals surface area contributed by atoms with Gasteiger partial charge in [-0.15, -0.1) is 11.3 Å². The van der Waals surface area contributed by atoms with E-state index in [1.807, 2.05) is 43.3 Å². The first-order valence-corrected chi connectivity index (χ1v) is 13.3. The van der Waals surface area contributed by atoms with Crippen LogP contribution in [0.5, 0.6) is 0 Å². The van der Waals surface area contributed by atoms with Crippen LogP contribution >= 0.6 is 22.9 Å². The van der Waals surface area contributed by atoms with Crippen molar-refractivity contribution in [2.75, 3.05) is 12.4 Å². The molecule has 5 nitrogen and oxygen atoms in total. The normalized spacial score (nSPS) is 14.9. The van der Waals surface area contributed by atoms with E-state index in [1.165, 1.54) is 18.4 Å².